The minimum atomic E-state index is 0. The van der Waals surface area contributed by atoms with Gasteiger partial charge in [0.05, 0.1) is 6.61 Å². The number of thiazole rings is 1. The summed E-state index contributed by atoms with van der Waals surface area (Å²) < 4.78 is 5.01. The standard InChI is InChI=1S/C12H19N3O2S.ClH/c1-8-3-9(4-13)5-15(8)12(16)10-7-18-11(14-10)6-17-2;/h7-9H,3-6,13H2,1-2H3;1H. The number of rotatable bonds is 4. The smallest absolute Gasteiger partial charge is 0.273 e. The number of hydrogen-bond donors (Lipinski definition) is 1. The summed E-state index contributed by atoms with van der Waals surface area (Å²) in [5.74, 6) is 0.429. The molecule has 0 aliphatic carbocycles. The molecule has 0 aromatic carbocycles. The summed E-state index contributed by atoms with van der Waals surface area (Å²) in [6.45, 7) is 3.91. The van der Waals surface area contributed by atoms with E-state index in [1.165, 1.54) is 11.3 Å². The summed E-state index contributed by atoms with van der Waals surface area (Å²) in [5.41, 5.74) is 6.20. The summed E-state index contributed by atoms with van der Waals surface area (Å²) >= 11 is 1.46. The molecule has 2 atom stereocenters. The third-order valence-corrected chi connectivity index (χ3v) is 4.12. The third-order valence-electron chi connectivity index (χ3n) is 3.29. The van der Waals surface area contributed by atoms with Crippen molar-refractivity contribution >= 4 is 29.7 Å². The molecule has 108 valence electrons. The number of likely N-dealkylation sites (tertiary alicyclic amines) is 1. The zero-order valence-corrected chi connectivity index (χ0v) is 12.8. The lowest BCUT2D eigenvalue weighted by Crippen LogP contribution is -2.34. The van der Waals surface area contributed by atoms with E-state index < -0.39 is 0 Å². The average Bonchev–Trinajstić information content (AvgIpc) is 2.95. The molecule has 1 aliphatic heterocycles. The van der Waals surface area contributed by atoms with Crippen molar-refractivity contribution in [2.75, 3.05) is 20.2 Å². The first kappa shape index (κ1) is 16.4. The van der Waals surface area contributed by atoms with Crippen LogP contribution < -0.4 is 5.73 Å². The minimum absolute atomic E-state index is 0. The monoisotopic (exact) mass is 305 g/mol. The minimum Gasteiger partial charge on any atom is -0.378 e. The molecule has 1 aliphatic rings. The van der Waals surface area contributed by atoms with Gasteiger partial charge >= 0.3 is 0 Å². The first-order chi connectivity index (χ1) is 8.65. The molecule has 0 spiro atoms. The number of carbonyl (C=O) groups is 1. The van der Waals surface area contributed by atoms with Crippen LogP contribution in [0.25, 0.3) is 0 Å². The lowest BCUT2D eigenvalue weighted by molar-refractivity contribution is 0.0737. The number of hydrogen-bond acceptors (Lipinski definition) is 5. The highest BCUT2D eigenvalue weighted by Crippen LogP contribution is 2.24. The van der Waals surface area contributed by atoms with E-state index in [1.807, 2.05) is 4.90 Å². The Morgan fingerprint density at radius 3 is 3.00 bits per heavy atom. The number of methoxy groups -OCH3 is 1. The Kier molecular flexibility index (Phi) is 6.19. The van der Waals surface area contributed by atoms with E-state index in [9.17, 15) is 4.79 Å². The SMILES string of the molecule is COCc1nc(C(=O)N2CC(CN)CC2C)cs1.Cl. The lowest BCUT2D eigenvalue weighted by Gasteiger charge is -2.20. The Hall–Kier alpha value is -0.690. The molecule has 0 saturated carbocycles. The molecule has 1 amide bonds. The Labute approximate surface area is 123 Å². The van der Waals surface area contributed by atoms with Crippen LogP contribution in [-0.4, -0.2) is 42.0 Å². The van der Waals surface area contributed by atoms with Gasteiger partial charge in [-0.3, -0.25) is 4.79 Å². The highest BCUT2D eigenvalue weighted by molar-refractivity contribution is 7.09. The number of aromatic nitrogens is 1. The van der Waals surface area contributed by atoms with Gasteiger partial charge in [-0.05, 0) is 25.8 Å². The quantitative estimate of drug-likeness (QED) is 0.916. The molecule has 2 heterocycles. The van der Waals surface area contributed by atoms with Crippen LogP contribution in [0.1, 0.15) is 28.8 Å². The first-order valence-corrected chi connectivity index (χ1v) is 6.98. The molecule has 5 nitrogen and oxygen atoms in total. The van der Waals surface area contributed by atoms with E-state index in [0.717, 1.165) is 18.0 Å². The zero-order valence-electron chi connectivity index (χ0n) is 11.2. The van der Waals surface area contributed by atoms with E-state index in [2.05, 4.69) is 11.9 Å². The van der Waals surface area contributed by atoms with Gasteiger partial charge in [-0.15, -0.1) is 23.7 Å². The van der Waals surface area contributed by atoms with E-state index >= 15 is 0 Å². The van der Waals surface area contributed by atoms with E-state index in [-0.39, 0.29) is 24.4 Å². The van der Waals surface area contributed by atoms with Crippen LogP contribution in [0.2, 0.25) is 0 Å². The largest absolute Gasteiger partial charge is 0.378 e. The van der Waals surface area contributed by atoms with Gasteiger partial charge in [-0.25, -0.2) is 4.98 Å². The Balaban J connectivity index is 0.00000180. The molecule has 0 radical (unpaired) electrons. The van der Waals surface area contributed by atoms with Crippen LogP contribution in [0.4, 0.5) is 0 Å². The second kappa shape index (κ2) is 7.19. The number of nitrogens with two attached hydrogens (primary N) is 1. The fraction of sp³-hybridized carbons (Fsp3) is 0.667. The molecular weight excluding hydrogens is 286 g/mol. The molecular formula is C12H20ClN3O2S. The van der Waals surface area contributed by atoms with Gasteiger partial charge in [0.25, 0.3) is 5.91 Å². The predicted molar refractivity (Wildman–Crippen MR) is 77.7 cm³/mol. The van der Waals surface area contributed by atoms with Gasteiger partial charge in [-0.1, -0.05) is 0 Å². The van der Waals surface area contributed by atoms with Crippen LogP contribution >= 0.6 is 23.7 Å². The van der Waals surface area contributed by atoms with Crippen LogP contribution in [-0.2, 0) is 11.3 Å². The maximum Gasteiger partial charge on any atom is 0.273 e. The van der Waals surface area contributed by atoms with Crippen molar-refractivity contribution < 1.29 is 9.53 Å². The van der Waals surface area contributed by atoms with Crippen molar-refractivity contribution in [1.29, 1.82) is 0 Å². The summed E-state index contributed by atoms with van der Waals surface area (Å²) in [6, 6.07) is 0.249. The second-order valence-corrected chi connectivity index (χ2v) is 5.65. The highest BCUT2D eigenvalue weighted by atomic mass is 35.5. The molecule has 1 aromatic heterocycles. The maximum atomic E-state index is 12.3. The Bertz CT molecular complexity index is 427. The second-order valence-electron chi connectivity index (χ2n) is 4.70. The van der Waals surface area contributed by atoms with Crippen LogP contribution in [0, 0.1) is 5.92 Å². The topological polar surface area (TPSA) is 68.5 Å². The molecule has 19 heavy (non-hydrogen) atoms. The zero-order chi connectivity index (χ0) is 13.1. The predicted octanol–water partition coefficient (Wildman–Crippen LogP) is 1.52. The molecule has 1 fully saturated rings. The molecule has 2 unspecified atom stereocenters. The van der Waals surface area contributed by atoms with Gasteiger partial charge in [0.15, 0.2) is 0 Å². The van der Waals surface area contributed by atoms with Crippen LogP contribution in [0.15, 0.2) is 5.38 Å². The third kappa shape index (κ3) is 3.66. The Morgan fingerprint density at radius 2 is 2.42 bits per heavy atom. The van der Waals surface area contributed by atoms with Crippen LogP contribution in [0.5, 0.6) is 0 Å². The molecule has 2 N–H and O–H groups in total. The molecule has 7 heteroatoms. The molecule has 1 saturated heterocycles. The normalized spacial score (nSPS) is 22.4. The fourth-order valence-corrected chi connectivity index (χ4v) is 3.08. The lowest BCUT2D eigenvalue weighted by atomic mass is 10.1. The van der Waals surface area contributed by atoms with Gasteiger partial charge in [0.2, 0.25) is 0 Å². The van der Waals surface area contributed by atoms with Crippen molar-refractivity contribution in [2.24, 2.45) is 11.7 Å². The van der Waals surface area contributed by atoms with Crippen molar-refractivity contribution in [2.45, 2.75) is 26.0 Å². The molecule has 2 rings (SSSR count). The molecule has 0 bridgehead atoms. The van der Waals surface area contributed by atoms with Gasteiger partial charge in [0.1, 0.15) is 10.7 Å². The Morgan fingerprint density at radius 1 is 1.68 bits per heavy atom. The van der Waals surface area contributed by atoms with Crippen LogP contribution in [0.3, 0.4) is 0 Å². The highest BCUT2D eigenvalue weighted by Gasteiger charge is 2.32. The van der Waals surface area contributed by atoms with E-state index in [1.54, 1.807) is 12.5 Å². The molecule has 1 aromatic rings. The summed E-state index contributed by atoms with van der Waals surface area (Å²) in [7, 11) is 1.62. The van der Waals surface area contributed by atoms with Crippen molar-refractivity contribution in [3.05, 3.63) is 16.1 Å². The maximum absolute atomic E-state index is 12.3. The average molecular weight is 306 g/mol. The number of halogens is 1. The number of ether oxygens (including phenoxy) is 1. The summed E-state index contributed by atoms with van der Waals surface area (Å²) in [5, 5.41) is 2.64. The number of nitrogens with zero attached hydrogens (tertiary/aromatic N) is 2. The summed E-state index contributed by atoms with van der Waals surface area (Å²) in [6.07, 6.45) is 0.983. The fourth-order valence-electron chi connectivity index (χ4n) is 2.34. The van der Waals surface area contributed by atoms with Crippen molar-refractivity contribution in [3.63, 3.8) is 0 Å². The van der Waals surface area contributed by atoms with Crippen molar-refractivity contribution in [3.8, 4) is 0 Å². The van der Waals surface area contributed by atoms with Gasteiger partial charge < -0.3 is 15.4 Å². The van der Waals surface area contributed by atoms with Gasteiger partial charge in [0, 0.05) is 25.1 Å². The number of carbonyl (C=O) groups excluding carboxylic acids is 1. The van der Waals surface area contributed by atoms with Gasteiger partial charge in [-0.2, -0.15) is 0 Å². The summed E-state index contributed by atoms with van der Waals surface area (Å²) in [4.78, 5) is 18.5. The van der Waals surface area contributed by atoms with E-state index in [0.29, 0.717) is 24.8 Å². The van der Waals surface area contributed by atoms with E-state index in [4.69, 9.17) is 10.5 Å². The number of amides is 1. The first-order valence-electron chi connectivity index (χ1n) is 6.10. The van der Waals surface area contributed by atoms with Crippen molar-refractivity contribution in [1.82, 2.24) is 9.88 Å².